The van der Waals surface area contributed by atoms with Crippen LogP contribution in [0.5, 0.6) is 0 Å². The van der Waals surface area contributed by atoms with Crippen molar-refractivity contribution in [1.29, 1.82) is 0 Å². The van der Waals surface area contributed by atoms with Crippen LogP contribution in [0.4, 0.5) is 0 Å². The van der Waals surface area contributed by atoms with Gasteiger partial charge in [-0.2, -0.15) is 0 Å². The van der Waals surface area contributed by atoms with Crippen LogP contribution in [0.1, 0.15) is 39.5 Å². The third-order valence-corrected chi connectivity index (χ3v) is 4.17. The Labute approximate surface area is 128 Å². The molecule has 124 valence electrons. The third kappa shape index (κ3) is 3.29. The van der Waals surface area contributed by atoms with Crippen molar-refractivity contribution in [3.8, 4) is 0 Å². The fourth-order valence-electron chi connectivity index (χ4n) is 2.80. The van der Waals surface area contributed by atoms with Crippen molar-refractivity contribution in [3.63, 3.8) is 0 Å². The summed E-state index contributed by atoms with van der Waals surface area (Å²) in [5.74, 6) is -1.77. The van der Waals surface area contributed by atoms with E-state index in [0.717, 1.165) is 0 Å². The summed E-state index contributed by atoms with van der Waals surface area (Å²) in [5.41, 5.74) is -0.831. The molecule has 1 N–H and O–H groups in total. The minimum atomic E-state index is -0.831. The molecule has 22 heavy (non-hydrogen) atoms. The highest BCUT2D eigenvalue weighted by atomic mass is 16.7. The summed E-state index contributed by atoms with van der Waals surface area (Å²) in [6.45, 7) is 3.43. The highest BCUT2D eigenvalue weighted by Crippen LogP contribution is 2.33. The Kier molecular flexibility index (Phi) is 4.84. The van der Waals surface area contributed by atoms with Gasteiger partial charge in [-0.05, 0) is 13.8 Å². The van der Waals surface area contributed by atoms with Gasteiger partial charge in [-0.15, -0.1) is 5.06 Å². The summed E-state index contributed by atoms with van der Waals surface area (Å²) in [5, 5.41) is 10.6. The van der Waals surface area contributed by atoms with E-state index in [4.69, 9.17) is 14.3 Å². The molecular weight excluding hydrogens is 294 g/mol. The normalized spacial score (nSPS) is 35.8. The SMILES string of the molecule is COC1(C)C[C@@H](CC(=O)ON2C(=O)CCC2=O)OC(C)[C@H]1O. The van der Waals surface area contributed by atoms with Crippen LogP contribution in [0, 0.1) is 0 Å². The number of carbonyl (C=O) groups is 3. The highest BCUT2D eigenvalue weighted by Gasteiger charge is 2.45. The van der Waals surface area contributed by atoms with E-state index < -0.39 is 41.7 Å². The summed E-state index contributed by atoms with van der Waals surface area (Å²) in [4.78, 5) is 39.5. The molecule has 0 saturated carbocycles. The molecule has 2 aliphatic rings. The van der Waals surface area contributed by atoms with Crippen molar-refractivity contribution >= 4 is 17.8 Å². The van der Waals surface area contributed by atoms with E-state index in [2.05, 4.69) is 0 Å². The first-order chi connectivity index (χ1) is 10.3. The molecule has 2 saturated heterocycles. The van der Waals surface area contributed by atoms with Gasteiger partial charge in [0.15, 0.2) is 0 Å². The number of aliphatic hydroxyl groups is 1. The van der Waals surface area contributed by atoms with Gasteiger partial charge in [0.1, 0.15) is 6.10 Å². The molecule has 0 aromatic carbocycles. The number of ether oxygens (including phenoxy) is 2. The fraction of sp³-hybridized carbons (Fsp3) is 0.786. The molecule has 8 heteroatoms. The Morgan fingerprint density at radius 1 is 1.41 bits per heavy atom. The molecule has 2 heterocycles. The zero-order valence-electron chi connectivity index (χ0n) is 12.9. The van der Waals surface area contributed by atoms with Crippen LogP contribution in [0.25, 0.3) is 0 Å². The molecule has 0 radical (unpaired) electrons. The van der Waals surface area contributed by atoms with E-state index in [0.29, 0.717) is 11.5 Å². The lowest BCUT2D eigenvalue weighted by Gasteiger charge is -2.44. The first-order valence-corrected chi connectivity index (χ1v) is 7.22. The van der Waals surface area contributed by atoms with Gasteiger partial charge in [0.25, 0.3) is 11.8 Å². The van der Waals surface area contributed by atoms with Crippen LogP contribution in [0.3, 0.4) is 0 Å². The summed E-state index contributed by atoms with van der Waals surface area (Å²) in [7, 11) is 1.48. The zero-order valence-corrected chi connectivity index (χ0v) is 12.9. The lowest BCUT2D eigenvalue weighted by molar-refractivity contribution is -0.223. The van der Waals surface area contributed by atoms with Crippen LogP contribution in [-0.2, 0) is 28.7 Å². The number of carbonyl (C=O) groups excluding carboxylic acids is 3. The molecule has 2 amide bonds. The van der Waals surface area contributed by atoms with Crippen molar-refractivity contribution in [2.75, 3.05) is 7.11 Å². The van der Waals surface area contributed by atoms with Gasteiger partial charge in [-0.3, -0.25) is 9.59 Å². The van der Waals surface area contributed by atoms with Gasteiger partial charge in [-0.1, -0.05) is 0 Å². The van der Waals surface area contributed by atoms with Gasteiger partial charge < -0.3 is 19.4 Å². The van der Waals surface area contributed by atoms with E-state index in [1.807, 2.05) is 0 Å². The molecular formula is C14H21NO7. The van der Waals surface area contributed by atoms with Crippen LogP contribution in [0.15, 0.2) is 0 Å². The molecule has 8 nitrogen and oxygen atoms in total. The van der Waals surface area contributed by atoms with E-state index in [-0.39, 0.29) is 19.3 Å². The Balaban J connectivity index is 1.94. The van der Waals surface area contributed by atoms with Gasteiger partial charge in [0.05, 0.1) is 24.2 Å². The van der Waals surface area contributed by atoms with Crippen LogP contribution < -0.4 is 0 Å². The molecule has 0 spiro atoms. The second-order valence-electron chi connectivity index (χ2n) is 5.88. The summed E-state index contributed by atoms with van der Waals surface area (Å²) in [6, 6.07) is 0. The van der Waals surface area contributed by atoms with E-state index in [1.165, 1.54) is 7.11 Å². The predicted molar refractivity (Wildman–Crippen MR) is 72.2 cm³/mol. The smallest absolute Gasteiger partial charge is 0.335 e. The van der Waals surface area contributed by atoms with Gasteiger partial charge in [-0.25, -0.2) is 4.79 Å². The largest absolute Gasteiger partial charge is 0.387 e. The predicted octanol–water partition coefficient (Wildman–Crippen LogP) is -0.0729. The maximum atomic E-state index is 11.9. The maximum absolute atomic E-state index is 11.9. The Morgan fingerprint density at radius 3 is 2.55 bits per heavy atom. The second-order valence-corrected chi connectivity index (χ2v) is 5.88. The van der Waals surface area contributed by atoms with E-state index in [1.54, 1.807) is 13.8 Å². The van der Waals surface area contributed by atoms with Gasteiger partial charge in [0.2, 0.25) is 0 Å². The number of imide groups is 1. The average Bonchev–Trinajstić information content (AvgIpc) is 2.76. The Hall–Kier alpha value is -1.51. The number of aliphatic hydroxyl groups excluding tert-OH is 1. The number of methoxy groups -OCH3 is 1. The maximum Gasteiger partial charge on any atom is 0.335 e. The fourth-order valence-corrected chi connectivity index (χ4v) is 2.80. The van der Waals surface area contributed by atoms with Crippen molar-refractivity contribution in [2.24, 2.45) is 0 Å². The molecule has 2 aliphatic heterocycles. The lowest BCUT2D eigenvalue weighted by atomic mass is 9.85. The standard InChI is InChI=1S/C14H21NO7/c1-8-13(19)14(2,20-3)7-9(21-8)6-12(18)22-15-10(16)4-5-11(15)17/h8-9,13,19H,4-7H2,1-3H3/t8?,9-,13-,14?/m1/s1. The summed E-state index contributed by atoms with van der Waals surface area (Å²) < 4.78 is 10.9. The molecule has 2 fully saturated rings. The third-order valence-electron chi connectivity index (χ3n) is 4.17. The molecule has 4 atom stereocenters. The topological polar surface area (TPSA) is 102 Å². The number of hydroxylamine groups is 2. The number of nitrogens with zero attached hydrogens (tertiary/aromatic N) is 1. The van der Waals surface area contributed by atoms with Crippen molar-refractivity contribution in [1.82, 2.24) is 5.06 Å². The lowest BCUT2D eigenvalue weighted by Crippen LogP contribution is -2.56. The first kappa shape index (κ1) is 16.9. The molecule has 2 rings (SSSR count). The minimum absolute atomic E-state index is 0.0526. The number of hydrogen-bond donors (Lipinski definition) is 1. The van der Waals surface area contributed by atoms with Crippen LogP contribution in [-0.4, -0.2) is 59.0 Å². The molecule has 2 unspecified atom stereocenters. The zero-order chi connectivity index (χ0) is 16.5. The number of amides is 2. The quantitative estimate of drug-likeness (QED) is 0.724. The van der Waals surface area contributed by atoms with E-state index >= 15 is 0 Å². The Morgan fingerprint density at radius 2 is 2.00 bits per heavy atom. The van der Waals surface area contributed by atoms with Gasteiger partial charge >= 0.3 is 5.97 Å². The first-order valence-electron chi connectivity index (χ1n) is 7.22. The number of hydrogen-bond acceptors (Lipinski definition) is 7. The number of rotatable bonds is 4. The monoisotopic (exact) mass is 315 g/mol. The minimum Gasteiger partial charge on any atom is -0.387 e. The second kappa shape index (κ2) is 6.31. The highest BCUT2D eigenvalue weighted by molar-refractivity contribution is 6.01. The van der Waals surface area contributed by atoms with Crippen molar-refractivity contribution < 1.29 is 33.8 Å². The van der Waals surface area contributed by atoms with E-state index in [9.17, 15) is 19.5 Å². The summed E-state index contributed by atoms with van der Waals surface area (Å²) >= 11 is 0. The van der Waals surface area contributed by atoms with Crippen LogP contribution in [0.2, 0.25) is 0 Å². The molecule has 0 aromatic heterocycles. The average molecular weight is 315 g/mol. The molecule has 0 aromatic rings. The molecule has 0 aliphatic carbocycles. The van der Waals surface area contributed by atoms with Crippen molar-refractivity contribution in [2.45, 2.75) is 63.4 Å². The molecule has 0 bridgehead atoms. The summed E-state index contributed by atoms with van der Waals surface area (Å²) in [6.07, 6.45) is -1.57. The Bertz CT molecular complexity index is 464. The van der Waals surface area contributed by atoms with Crippen molar-refractivity contribution in [3.05, 3.63) is 0 Å². The van der Waals surface area contributed by atoms with Crippen LogP contribution >= 0.6 is 0 Å². The van der Waals surface area contributed by atoms with Gasteiger partial charge in [0, 0.05) is 26.4 Å².